The third kappa shape index (κ3) is 2.21. The minimum atomic E-state index is -0.709. The number of aromatic amines is 1. The largest absolute Gasteiger partial charge is 0.497 e. The zero-order valence-corrected chi connectivity index (χ0v) is 15.4. The van der Waals surface area contributed by atoms with E-state index in [4.69, 9.17) is 4.74 Å². The second kappa shape index (κ2) is 5.79. The fourth-order valence-electron chi connectivity index (χ4n) is 4.66. The number of nitrogens with one attached hydrogen (secondary N) is 1. The van der Waals surface area contributed by atoms with Gasteiger partial charge < -0.3 is 4.74 Å². The molecule has 1 aromatic heterocycles. The van der Waals surface area contributed by atoms with Crippen LogP contribution in [0.2, 0.25) is 0 Å². The van der Waals surface area contributed by atoms with Gasteiger partial charge >= 0.3 is 0 Å². The summed E-state index contributed by atoms with van der Waals surface area (Å²) in [4.78, 5) is 15.9. The fourth-order valence-corrected chi connectivity index (χ4v) is 4.66. The molecule has 2 aromatic carbocycles. The number of rotatable bonds is 3. The first-order chi connectivity index (χ1) is 13.1. The number of hydrogen-bond acceptors (Lipinski definition) is 4. The maximum absolute atomic E-state index is 13.5. The molecular weight excluding hydrogens is 338 g/mol. The molecule has 0 amide bonds. The third-order valence-electron chi connectivity index (χ3n) is 6.11. The molecule has 2 aliphatic heterocycles. The van der Waals surface area contributed by atoms with E-state index in [-0.39, 0.29) is 11.8 Å². The first-order valence-corrected chi connectivity index (χ1v) is 9.19. The van der Waals surface area contributed by atoms with Crippen LogP contribution in [0.5, 0.6) is 5.75 Å². The number of nitrogens with zero attached hydrogens (tertiary/aromatic N) is 2. The van der Waals surface area contributed by atoms with Gasteiger partial charge in [0.05, 0.1) is 13.3 Å². The van der Waals surface area contributed by atoms with Crippen LogP contribution in [0.1, 0.15) is 45.7 Å². The molecule has 1 N–H and O–H groups in total. The highest BCUT2D eigenvalue weighted by atomic mass is 16.5. The van der Waals surface area contributed by atoms with Gasteiger partial charge in [-0.05, 0) is 42.2 Å². The van der Waals surface area contributed by atoms with E-state index < -0.39 is 5.54 Å². The molecule has 0 fully saturated rings. The highest BCUT2D eigenvalue weighted by molar-refractivity contribution is 6.05. The van der Waals surface area contributed by atoms with E-state index in [1.807, 2.05) is 31.3 Å². The summed E-state index contributed by atoms with van der Waals surface area (Å²) in [5, 5.41) is 7.13. The molecule has 27 heavy (non-hydrogen) atoms. The summed E-state index contributed by atoms with van der Waals surface area (Å²) >= 11 is 0. The number of Topliss-reactive ketones (excluding diaryl/α,β-unsaturated/α-hetero) is 1. The lowest BCUT2D eigenvalue weighted by atomic mass is 9.70. The summed E-state index contributed by atoms with van der Waals surface area (Å²) in [5.41, 5.74) is 4.45. The van der Waals surface area contributed by atoms with Crippen molar-refractivity contribution in [1.82, 2.24) is 15.1 Å². The summed E-state index contributed by atoms with van der Waals surface area (Å²) < 4.78 is 5.27. The van der Waals surface area contributed by atoms with Gasteiger partial charge in [0.1, 0.15) is 17.0 Å². The highest BCUT2D eigenvalue weighted by Crippen LogP contribution is 2.50. The molecule has 0 saturated carbocycles. The van der Waals surface area contributed by atoms with Gasteiger partial charge in [0, 0.05) is 18.2 Å². The van der Waals surface area contributed by atoms with Crippen LogP contribution < -0.4 is 4.74 Å². The van der Waals surface area contributed by atoms with Gasteiger partial charge in [-0.1, -0.05) is 36.4 Å². The highest BCUT2D eigenvalue weighted by Gasteiger charge is 2.54. The summed E-state index contributed by atoms with van der Waals surface area (Å²) in [6.45, 7) is 2.74. The Morgan fingerprint density at radius 3 is 2.78 bits per heavy atom. The third-order valence-corrected chi connectivity index (χ3v) is 6.11. The Bertz CT molecular complexity index is 1020. The molecule has 2 atom stereocenters. The normalized spacial score (nSPS) is 23.6. The molecule has 0 aliphatic carbocycles. The number of carbonyl (C=O) groups excluding carboxylic acids is 1. The van der Waals surface area contributed by atoms with Crippen LogP contribution in [0.15, 0.2) is 54.7 Å². The number of ether oxygens (including phenoxy) is 1. The summed E-state index contributed by atoms with van der Waals surface area (Å²) in [6.07, 6.45) is 2.69. The molecule has 0 saturated heterocycles. The standard InChI is InChI=1S/C22H21N3O2/c1-22-18-6-4-3-5-15(18)11-19(17-12-23-24-20(17)21(22)26)25(22)13-14-7-9-16(27-2)10-8-14/h3-10,12,19H,11,13H2,1-2H3,(H,23,24). The van der Waals surface area contributed by atoms with Crippen LogP contribution in [0.25, 0.3) is 0 Å². The Morgan fingerprint density at radius 2 is 2.00 bits per heavy atom. The number of aromatic nitrogens is 2. The SMILES string of the molecule is COc1ccc(CN2C3Cc4ccccc4C2(C)C(=O)c2[nH]ncc23)cc1. The molecule has 3 aromatic rings. The lowest BCUT2D eigenvalue weighted by Gasteiger charge is -2.52. The van der Waals surface area contributed by atoms with E-state index in [0.29, 0.717) is 12.2 Å². The summed E-state index contributed by atoms with van der Waals surface area (Å²) in [6, 6.07) is 16.5. The van der Waals surface area contributed by atoms with Crippen LogP contribution in [0, 0.1) is 0 Å². The molecule has 0 spiro atoms. The van der Waals surface area contributed by atoms with Crippen molar-refractivity contribution in [3.63, 3.8) is 0 Å². The van der Waals surface area contributed by atoms with Crippen molar-refractivity contribution < 1.29 is 9.53 Å². The number of hydrogen-bond donors (Lipinski definition) is 1. The zero-order chi connectivity index (χ0) is 18.6. The summed E-state index contributed by atoms with van der Waals surface area (Å²) in [7, 11) is 1.67. The van der Waals surface area contributed by atoms with Gasteiger partial charge in [0.2, 0.25) is 5.78 Å². The average molecular weight is 359 g/mol. The second-order valence-corrected chi connectivity index (χ2v) is 7.45. The smallest absolute Gasteiger partial charge is 0.205 e. The van der Waals surface area contributed by atoms with Crippen LogP contribution >= 0.6 is 0 Å². The van der Waals surface area contributed by atoms with Crippen molar-refractivity contribution in [3.05, 3.63) is 82.7 Å². The van der Waals surface area contributed by atoms with Crippen molar-refractivity contribution in [2.24, 2.45) is 0 Å². The predicted molar refractivity (Wildman–Crippen MR) is 102 cm³/mol. The van der Waals surface area contributed by atoms with Gasteiger partial charge in [0.15, 0.2) is 0 Å². The molecule has 5 heteroatoms. The van der Waals surface area contributed by atoms with Crippen LogP contribution in [-0.2, 0) is 18.5 Å². The van der Waals surface area contributed by atoms with Crippen LogP contribution in [0.4, 0.5) is 0 Å². The number of methoxy groups -OCH3 is 1. The molecular formula is C22H21N3O2. The second-order valence-electron chi connectivity index (χ2n) is 7.45. The molecule has 5 nitrogen and oxygen atoms in total. The van der Waals surface area contributed by atoms with Crippen molar-refractivity contribution in [1.29, 1.82) is 0 Å². The van der Waals surface area contributed by atoms with Crippen molar-refractivity contribution in [2.45, 2.75) is 31.5 Å². The Balaban J connectivity index is 1.65. The van der Waals surface area contributed by atoms with Gasteiger partial charge in [-0.2, -0.15) is 5.10 Å². The fraction of sp³-hybridized carbons (Fsp3) is 0.273. The van der Waals surface area contributed by atoms with E-state index >= 15 is 0 Å². The van der Waals surface area contributed by atoms with Gasteiger partial charge in [-0.25, -0.2) is 0 Å². The average Bonchev–Trinajstić information content (AvgIpc) is 3.19. The Kier molecular flexibility index (Phi) is 3.49. The van der Waals surface area contributed by atoms with Crippen molar-refractivity contribution in [2.75, 3.05) is 7.11 Å². The number of benzene rings is 2. The minimum absolute atomic E-state index is 0.0897. The quantitative estimate of drug-likeness (QED) is 0.776. The molecule has 3 heterocycles. The number of carbonyl (C=O) groups is 1. The monoisotopic (exact) mass is 359 g/mol. The van der Waals surface area contributed by atoms with Gasteiger partial charge in [-0.15, -0.1) is 0 Å². The van der Waals surface area contributed by atoms with E-state index in [9.17, 15) is 4.79 Å². The zero-order valence-electron chi connectivity index (χ0n) is 15.4. The lowest BCUT2D eigenvalue weighted by Crippen LogP contribution is -2.57. The van der Waals surface area contributed by atoms with E-state index in [2.05, 4.69) is 45.4 Å². The number of ketones is 1. The first kappa shape index (κ1) is 16.3. The first-order valence-electron chi connectivity index (χ1n) is 9.19. The maximum atomic E-state index is 13.5. The Labute approximate surface area is 158 Å². The van der Waals surface area contributed by atoms with Gasteiger partial charge in [0.25, 0.3) is 0 Å². The molecule has 2 unspecified atom stereocenters. The van der Waals surface area contributed by atoms with E-state index in [1.54, 1.807) is 7.11 Å². The molecule has 2 bridgehead atoms. The van der Waals surface area contributed by atoms with Crippen LogP contribution in [0.3, 0.4) is 0 Å². The van der Waals surface area contributed by atoms with E-state index in [0.717, 1.165) is 28.9 Å². The number of fused-ring (bicyclic) bond motifs is 6. The topological polar surface area (TPSA) is 58.2 Å². The predicted octanol–water partition coefficient (Wildman–Crippen LogP) is 3.63. The minimum Gasteiger partial charge on any atom is -0.497 e. The summed E-state index contributed by atoms with van der Waals surface area (Å²) in [5.74, 6) is 0.925. The van der Waals surface area contributed by atoms with Crippen molar-refractivity contribution in [3.8, 4) is 5.75 Å². The van der Waals surface area contributed by atoms with Crippen molar-refractivity contribution >= 4 is 5.78 Å². The molecule has 5 rings (SSSR count). The lowest BCUT2D eigenvalue weighted by molar-refractivity contribution is 0.0177. The maximum Gasteiger partial charge on any atom is 0.205 e. The molecule has 136 valence electrons. The van der Waals surface area contributed by atoms with Gasteiger partial charge in [-0.3, -0.25) is 14.8 Å². The van der Waals surface area contributed by atoms with Crippen LogP contribution in [-0.4, -0.2) is 28.0 Å². The molecule has 0 radical (unpaired) electrons. The Hall–Kier alpha value is -2.92. The molecule has 2 aliphatic rings. The van der Waals surface area contributed by atoms with E-state index in [1.165, 1.54) is 5.56 Å². The Morgan fingerprint density at radius 1 is 1.22 bits per heavy atom. The number of H-pyrrole nitrogens is 1.